The summed E-state index contributed by atoms with van der Waals surface area (Å²) in [7, 11) is 1.70. The number of hydrogen-bond acceptors (Lipinski definition) is 7. The van der Waals surface area contributed by atoms with Gasteiger partial charge in [-0.05, 0) is 0 Å². The van der Waals surface area contributed by atoms with Gasteiger partial charge in [0.05, 0.1) is 0 Å². The summed E-state index contributed by atoms with van der Waals surface area (Å²) < 4.78 is 19.7. The van der Waals surface area contributed by atoms with Gasteiger partial charge < -0.3 is 0 Å². The third-order valence-corrected chi connectivity index (χ3v) is 13.1. The van der Waals surface area contributed by atoms with E-state index in [1.54, 1.807) is 13.2 Å². The number of carbonyl (C=O) groups excluding carboxylic acids is 4. The number of carbonyl (C=O) groups is 4. The summed E-state index contributed by atoms with van der Waals surface area (Å²) in [5.41, 5.74) is 2.60. The quantitative estimate of drug-likeness (QED) is 0.251. The van der Waals surface area contributed by atoms with Gasteiger partial charge in [-0.15, -0.1) is 6.58 Å². The van der Waals surface area contributed by atoms with Crippen LogP contribution in [0.2, 0.25) is 0 Å². The number of aryl methyl sites for hydroxylation is 1. The number of alkyl carbamates (subject to hydrolysis) is 1. The van der Waals surface area contributed by atoms with Gasteiger partial charge in [0.2, 0.25) is 0 Å². The molecule has 3 aliphatic heterocycles. The number of fused-ring (bicyclic) bond motifs is 3. The summed E-state index contributed by atoms with van der Waals surface area (Å²) in [6.45, 7) is 13.0. The maximum atomic E-state index is 14.5. The molecule has 2 N–H and O–H groups in total. The number of cyclic esters (lactones) is 1. The van der Waals surface area contributed by atoms with E-state index < -0.39 is 68.8 Å². The average Bonchev–Trinajstić information content (AvgIpc) is 3.53. The van der Waals surface area contributed by atoms with E-state index in [9.17, 15) is 19.2 Å². The third kappa shape index (κ3) is 9.14. The van der Waals surface area contributed by atoms with Crippen LogP contribution in [-0.2, 0) is 30.3 Å². The molecule has 2 aromatic rings. The number of allylic oxidation sites excluding steroid dienone is 1. The fourth-order valence-electron chi connectivity index (χ4n) is 6.82. The summed E-state index contributed by atoms with van der Waals surface area (Å²) in [5, 5.41) is 5.70. The van der Waals surface area contributed by atoms with Crippen molar-refractivity contribution in [2.24, 2.45) is 11.3 Å². The van der Waals surface area contributed by atoms with Crippen molar-refractivity contribution in [2.75, 3.05) is 20.3 Å². The first kappa shape index (κ1) is 38.4. The van der Waals surface area contributed by atoms with E-state index in [0.29, 0.717) is 6.42 Å². The van der Waals surface area contributed by atoms with Gasteiger partial charge in [0.15, 0.2) is 0 Å². The van der Waals surface area contributed by atoms with E-state index in [4.69, 9.17) is 14.2 Å². The first-order valence-corrected chi connectivity index (χ1v) is 20.1. The second kappa shape index (κ2) is 16.6. The summed E-state index contributed by atoms with van der Waals surface area (Å²) >= 11 is -0.499. The molecule has 2 unspecified atom stereocenters. The van der Waals surface area contributed by atoms with E-state index in [1.165, 1.54) is 21.0 Å². The number of amides is 3. The summed E-state index contributed by atoms with van der Waals surface area (Å²) in [6, 6.07) is 12.0. The molecule has 3 aliphatic rings. The average molecular weight is 813 g/mol. The Kier molecular flexibility index (Phi) is 12.5. The van der Waals surface area contributed by atoms with Gasteiger partial charge in [-0.2, -0.15) is 0 Å². The number of benzene rings is 2. The van der Waals surface area contributed by atoms with Crippen LogP contribution in [0.15, 0.2) is 61.2 Å². The number of alkyl halides is 1. The number of halogens is 1. The molecule has 276 valence electrons. The molecule has 3 amide bonds. The topological polar surface area (TPSA) is 123 Å². The summed E-state index contributed by atoms with van der Waals surface area (Å²) in [6.07, 6.45) is 5.99. The summed E-state index contributed by atoms with van der Waals surface area (Å²) in [4.78, 5) is 55.7. The zero-order valence-electron chi connectivity index (χ0n) is 30.5. The number of ketones is 1. The Hall–Kier alpha value is -3.87. The van der Waals surface area contributed by atoms with Crippen molar-refractivity contribution in [1.82, 2.24) is 15.5 Å². The molecule has 0 saturated carbocycles. The molecular formula is C40H51IN3O7-. The molecular weight excluding hydrogens is 761 g/mol. The zero-order valence-corrected chi connectivity index (χ0v) is 32.7. The number of rotatable bonds is 7. The van der Waals surface area contributed by atoms with Gasteiger partial charge in [-0.3, -0.25) is 0 Å². The van der Waals surface area contributed by atoms with Crippen molar-refractivity contribution in [2.45, 2.75) is 94.9 Å². The number of Topliss-reactive ketones (excluding diaryl/α,β-unsaturated/α-hetero) is 1. The Morgan fingerprint density at radius 2 is 1.88 bits per heavy atom. The van der Waals surface area contributed by atoms with Crippen molar-refractivity contribution in [3.8, 4) is 5.75 Å². The van der Waals surface area contributed by atoms with Crippen LogP contribution in [-0.4, -0.2) is 73.1 Å². The van der Waals surface area contributed by atoms with Crippen molar-refractivity contribution in [3.05, 3.63) is 81.5 Å². The Balaban J connectivity index is 1.57. The van der Waals surface area contributed by atoms with E-state index in [1.807, 2.05) is 45.9 Å². The molecule has 5 rings (SSSR count). The van der Waals surface area contributed by atoms with Crippen LogP contribution < -0.4 is 36.6 Å². The molecule has 1 fully saturated rings. The Bertz CT molecular complexity index is 1650. The third-order valence-electron chi connectivity index (χ3n) is 9.76. The van der Waals surface area contributed by atoms with Crippen LogP contribution in [0, 0.1) is 14.9 Å². The van der Waals surface area contributed by atoms with Gasteiger partial charge in [-0.1, -0.05) is 0 Å². The molecule has 0 aromatic heterocycles. The van der Waals surface area contributed by atoms with Crippen LogP contribution in [0.4, 0.5) is 4.79 Å². The summed E-state index contributed by atoms with van der Waals surface area (Å²) in [5.74, 6) is 0.175. The minimum absolute atomic E-state index is 0.114. The fraction of sp³-hybridized carbons (Fsp3) is 0.500. The molecule has 0 spiro atoms. The molecule has 11 heteroatoms. The van der Waals surface area contributed by atoms with Crippen LogP contribution in [0.25, 0.3) is 5.76 Å². The van der Waals surface area contributed by atoms with Crippen molar-refractivity contribution < 1.29 is 54.6 Å². The van der Waals surface area contributed by atoms with Crippen molar-refractivity contribution >= 4 is 29.5 Å². The van der Waals surface area contributed by atoms with E-state index in [0.717, 1.165) is 41.9 Å². The second-order valence-electron chi connectivity index (χ2n) is 14.7. The maximum absolute atomic E-state index is 14.5. The molecule has 6 atom stereocenters. The van der Waals surface area contributed by atoms with Crippen molar-refractivity contribution in [3.63, 3.8) is 0 Å². The molecule has 0 radical (unpaired) electrons. The molecule has 10 nitrogen and oxygen atoms in total. The van der Waals surface area contributed by atoms with Gasteiger partial charge >= 0.3 is 307 Å². The van der Waals surface area contributed by atoms with Crippen LogP contribution in [0.3, 0.4) is 0 Å². The molecule has 0 aliphatic carbocycles. The minimum atomic E-state index is -0.981. The molecule has 51 heavy (non-hydrogen) atoms. The Labute approximate surface area is 312 Å². The number of hydrogen-bond donors (Lipinski definition) is 2. The normalized spacial score (nSPS) is 24.1. The van der Waals surface area contributed by atoms with E-state index in [-0.39, 0.29) is 35.2 Å². The standard InChI is InChI=1S/C40H51IN3O7/c1-8-24(2)35(25(3)45)42-37(46)32-20-28-23-44(32)38(47)36(40(4,5)6)43-39(48)50-18-14-10-13-17-27-19-29-31(22-33(27)49-7)41-30(21-34(29)51-28)26-15-11-9-12-16-26/h8-9,11-12,15-16,19,21-22,24,28,30,32,35-36H,1,10,13-14,17-18,20,23H2,2-7H3,(H,42,46)(H,43,48)/q-1/t24-,28?,30+,32-,35?,36+/m0/s1. The number of methoxy groups -OCH3 is 1. The monoisotopic (exact) mass is 812 g/mol. The van der Waals surface area contributed by atoms with Gasteiger partial charge in [-0.25, -0.2) is 0 Å². The Morgan fingerprint density at radius 3 is 2.55 bits per heavy atom. The SMILES string of the molecule is C=C[C@H](C)C(NC(=O)[C@@H]1CC2CN1C(=O)[C@H](C(C)(C)C)NC(=O)OCCCCCc1cc3c(cc1OC)[I-][C@@H](c1ccccc1)C=C3O2)C(C)=O. The predicted octanol–water partition coefficient (Wildman–Crippen LogP) is 2.80. The van der Waals surface area contributed by atoms with Gasteiger partial charge in [0, 0.05) is 0 Å². The van der Waals surface area contributed by atoms with Crippen LogP contribution in [0.5, 0.6) is 5.75 Å². The van der Waals surface area contributed by atoms with Crippen LogP contribution >= 0.6 is 0 Å². The van der Waals surface area contributed by atoms with Gasteiger partial charge in [0.1, 0.15) is 0 Å². The molecule has 1 saturated heterocycles. The van der Waals surface area contributed by atoms with Crippen molar-refractivity contribution in [1.29, 1.82) is 0 Å². The van der Waals surface area contributed by atoms with E-state index in [2.05, 4.69) is 47.6 Å². The number of nitrogens with one attached hydrogen (secondary N) is 2. The second-order valence-corrected chi connectivity index (χ2v) is 17.8. The Morgan fingerprint density at radius 1 is 1.14 bits per heavy atom. The molecule has 2 aromatic carbocycles. The first-order chi connectivity index (χ1) is 24.3. The number of ether oxygens (including phenoxy) is 3. The molecule has 3 heterocycles. The first-order valence-electron chi connectivity index (χ1n) is 17.8. The molecule has 4 bridgehead atoms. The predicted molar refractivity (Wildman–Crippen MR) is 191 cm³/mol. The van der Waals surface area contributed by atoms with E-state index >= 15 is 0 Å². The fourth-order valence-corrected chi connectivity index (χ4v) is 10.0. The van der Waals surface area contributed by atoms with Crippen LogP contribution in [0.1, 0.15) is 80.9 Å². The van der Waals surface area contributed by atoms with Gasteiger partial charge in [0.25, 0.3) is 0 Å². The zero-order chi connectivity index (χ0) is 36.9. The number of nitrogens with zero attached hydrogens (tertiary/aromatic N) is 1.